The molecule has 0 fully saturated rings. The van der Waals surface area contributed by atoms with Gasteiger partial charge in [-0.1, -0.05) is 36.9 Å². The molecular formula is C15H15NO. The fourth-order valence-corrected chi connectivity index (χ4v) is 2.03. The van der Waals surface area contributed by atoms with Gasteiger partial charge in [0, 0.05) is 5.70 Å². The van der Waals surface area contributed by atoms with Crippen LogP contribution in [0.15, 0.2) is 60.8 Å². The molecule has 1 aliphatic heterocycles. The fraction of sp³-hybridized carbons (Fsp3) is 0.133. The largest absolute Gasteiger partial charge is 0.281 e. The van der Waals surface area contributed by atoms with Gasteiger partial charge in [0.15, 0.2) is 0 Å². The Hall–Kier alpha value is -2.09. The second kappa shape index (κ2) is 4.83. The van der Waals surface area contributed by atoms with E-state index >= 15 is 0 Å². The zero-order valence-electron chi connectivity index (χ0n) is 9.89. The first kappa shape index (κ1) is 11.4. The minimum Gasteiger partial charge on any atom is -0.281 e. The van der Waals surface area contributed by atoms with Crippen molar-refractivity contribution < 1.29 is 4.79 Å². The average Bonchev–Trinajstić information content (AvgIpc) is 2.64. The average molecular weight is 225 g/mol. The van der Waals surface area contributed by atoms with Crippen molar-refractivity contribution in [3.63, 3.8) is 0 Å². The van der Waals surface area contributed by atoms with Gasteiger partial charge in [-0.3, -0.25) is 9.69 Å². The summed E-state index contributed by atoms with van der Waals surface area (Å²) in [6.07, 6.45) is 7.86. The first-order valence-electron chi connectivity index (χ1n) is 5.64. The Morgan fingerprint density at radius 3 is 2.88 bits per heavy atom. The van der Waals surface area contributed by atoms with Gasteiger partial charge in [-0.2, -0.15) is 0 Å². The third-order valence-electron chi connectivity index (χ3n) is 2.71. The summed E-state index contributed by atoms with van der Waals surface area (Å²) in [5.74, 6) is 0.109. The molecule has 2 heteroatoms. The Morgan fingerprint density at radius 2 is 2.18 bits per heavy atom. The SMILES string of the molecule is C=C/C=C(\C=C/C)N1C(=O)Cc2ccccc21. The molecule has 0 atom stereocenters. The summed E-state index contributed by atoms with van der Waals surface area (Å²) in [4.78, 5) is 13.8. The normalized spacial score (nSPS) is 15.5. The zero-order valence-corrected chi connectivity index (χ0v) is 9.89. The highest BCUT2D eigenvalue weighted by Gasteiger charge is 2.28. The lowest BCUT2D eigenvalue weighted by molar-refractivity contribution is -0.116. The van der Waals surface area contributed by atoms with E-state index in [1.165, 1.54) is 0 Å². The molecule has 0 aliphatic carbocycles. The van der Waals surface area contributed by atoms with Gasteiger partial charge in [-0.05, 0) is 30.7 Å². The summed E-state index contributed by atoms with van der Waals surface area (Å²) >= 11 is 0. The van der Waals surface area contributed by atoms with E-state index in [1.807, 2.05) is 49.4 Å². The molecule has 0 N–H and O–H groups in total. The minimum absolute atomic E-state index is 0.109. The van der Waals surface area contributed by atoms with Crippen molar-refractivity contribution in [2.75, 3.05) is 4.90 Å². The van der Waals surface area contributed by atoms with E-state index in [9.17, 15) is 4.79 Å². The summed E-state index contributed by atoms with van der Waals surface area (Å²) in [6.45, 7) is 5.62. The summed E-state index contributed by atoms with van der Waals surface area (Å²) in [7, 11) is 0. The number of carbonyl (C=O) groups excluding carboxylic acids is 1. The Balaban J connectivity index is 2.48. The molecule has 1 aromatic carbocycles. The molecule has 0 radical (unpaired) electrons. The molecule has 17 heavy (non-hydrogen) atoms. The molecule has 1 amide bonds. The monoisotopic (exact) mass is 225 g/mol. The maximum absolute atomic E-state index is 12.0. The highest BCUT2D eigenvalue weighted by atomic mass is 16.2. The molecule has 0 saturated heterocycles. The van der Waals surface area contributed by atoms with Crippen LogP contribution in [0.4, 0.5) is 5.69 Å². The molecular weight excluding hydrogens is 210 g/mol. The lowest BCUT2D eigenvalue weighted by atomic mass is 10.2. The summed E-state index contributed by atoms with van der Waals surface area (Å²) in [5, 5.41) is 0. The Morgan fingerprint density at radius 1 is 1.41 bits per heavy atom. The van der Waals surface area contributed by atoms with Crippen LogP contribution in [0.3, 0.4) is 0 Å². The first-order chi connectivity index (χ1) is 8.27. The number of fused-ring (bicyclic) bond motifs is 1. The van der Waals surface area contributed by atoms with Gasteiger partial charge < -0.3 is 0 Å². The number of carbonyl (C=O) groups is 1. The van der Waals surface area contributed by atoms with Crippen molar-refractivity contribution in [3.05, 3.63) is 66.4 Å². The van der Waals surface area contributed by atoms with E-state index in [0.717, 1.165) is 16.9 Å². The van der Waals surface area contributed by atoms with Gasteiger partial charge in [0.05, 0.1) is 12.1 Å². The molecule has 1 aromatic rings. The van der Waals surface area contributed by atoms with Gasteiger partial charge in [0.25, 0.3) is 0 Å². The van der Waals surface area contributed by atoms with Crippen LogP contribution in [-0.4, -0.2) is 5.91 Å². The topological polar surface area (TPSA) is 20.3 Å². The van der Waals surface area contributed by atoms with Crippen molar-refractivity contribution in [1.29, 1.82) is 0 Å². The second-order valence-corrected chi connectivity index (χ2v) is 3.86. The summed E-state index contributed by atoms with van der Waals surface area (Å²) in [6, 6.07) is 7.88. The number of para-hydroxylation sites is 1. The number of benzene rings is 1. The van der Waals surface area contributed by atoms with Gasteiger partial charge in [0.2, 0.25) is 5.91 Å². The number of hydrogen-bond donors (Lipinski definition) is 0. The van der Waals surface area contributed by atoms with Crippen LogP contribution >= 0.6 is 0 Å². The van der Waals surface area contributed by atoms with Crippen LogP contribution in [0.5, 0.6) is 0 Å². The lowest BCUT2D eigenvalue weighted by Gasteiger charge is -2.18. The molecule has 0 unspecified atom stereocenters. The van der Waals surface area contributed by atoms with E-state index in [4.69, 9.17) is 0 Å². The van der Waals surface area contributed by atoms with Crippen molar-refractivity contribution in [1.82, 2.24) is 0 Å². The van der Waals surface area contributed by atoms with Crippen molar-refractivity contribution in [2.45, 2.75) is 13.3 Å². The van der Waals surface area contributed by atoms with E-state index in [2.05, 4.69) is 6.58 Å². The second-order valence-electron chi connectivity index (χ2n) is 3.86. The number of hydrogen-bond acceptors (Lipinski definition) is 1. The predicted molar refractivity (Wildman–Crippen MR) is 70.7 cm³/mol. The van der Waals surface area contributed by atoms with E-state index in [1.54, 1.807) is 11.0 Å². The maximum atomic E-state index is 12.0. The molecule has 2 rings (SSSR count). The maximum Gasteiger partial charge on any atom is 0.236 e. The summed E-state index contributed by atoms with van der Waals surface area (Å²) < 4.78 is 0. The van der Waals surface area contributed by atoms with Crippen LogP contribution < -0.4 is 4.90 Å². The van der Waals surface area contributed by atoms with Gasteiger partial charge in [-0.25, -0.2) is 0 Å². The quantitative estimate of drug-likeness (QED) is 0.723. The number of allylic oxidation sites excluding steroid dienone is 4. The van der Waals surface area contributed by atoms with Crippen LogP contribution in [0.1, 0.15) is 12.5 Å². The van der Waals surface area contributed by atoms with E-state index < -0.39 is 0 Å². The molecule has 0 saturated carbocycles. The molecule has 1 aliphatic rings. The van der Waals surface area contributed by atoms with Crippen molar-refractivity contribution >= 4 is 11.6 Å². The summed E-state index contributed by atoms with van der Waals surface area (Å²) in [5.41, 5.74) is 2.91. The highest BCUT2D eigenvalue weighted by Crippen LogP contribution is 2.31. The predicted octanol–water partition coefficient (Wildman–Crippen LogP) is 3.22. The van der Waals surface area contributed by atoms with Gasteiger partial charge in [-0.15, -0.1) is 0 Å². The van der Waals surface area contributed by atoms with Crippen LogP contribution in [-0.2, 0) is 11.2 Å². The van der Waals surface area contributed by atoms with Crippen molar-refractivity contribution in [3.8, 4) is 0 Å². The van der Waals surface area contributed by atoms with Crippen LogP contribution in [0.2, 0.25) is 0 Å². The number of nitrogens with zero attached hydrogens (tertiary/aromatic N) is 1. The fourth-order valence-electron chi connectivity index (χ4n) is 2.03. The Labute approximate surface area is 102 Å². The number of amides is 1. The molecule has 1 heterocycles. The van der Waals surface area contributed by atoms with Crippen LogP contribution in [0, 0.1) is 0 Å². The van der Waals surface area contributed by atoms with E-state index in [0.29, 0.717) is 6.42 Å². The molecule has 86 valence electrons. The highest BCUT2D eigenvalue weighted by molar-refractivity contribution is 6.04. The van der Waals surface area contributed by atoms with Crippen molar-refractivity contribution in [2.24, 2.45) is 0 Å². The van der Waals surface area contributed by atoms with E-state index in [-0.39, 0.29) is 5.91 Å². The minimum atomic E-state index is 0.109. The van der Waals surface area contributed by atoms with Crippen LogP contribution in [0.25, 0.3) is 0 Å². The smallest absolute Gasteiger partial charge is 0.236 e. The first-order valence-corrected chi connectivity index (χ1v) is 5.64. The molecule has 0 spiro atoms. The molecule has 0 bridgehead atoms. The third kappa shape index (κ3) is 2.07. The standard InChI is InChI=1S/C15H15NO/c1-3-7-13(8-4-2)16-14-10-6-5-9-12(14)11-15(16)17/h3-10H,1,11H2,2H3/b8-4-,13-7+. The zero-order chi connectivity index (χ0) is 12.3. The molecule has 2 nitrogen and oxygen atoms in total. The molecule has 0 aromatic heterocycles. The Bertz CT molecular complexity index is 511. The van der Waals surface area contributed by atoms with Gasteiger partial charge in [0.1, 0.15) is 0 Å². The lowest BCUT2D eigenvalue weighted by Crippen LogP contribution is -2.24. The number of rotatable bonds is 3. The number of anilines is 1. The van der Waals surface area contributed by atoms with Gasteiger partial charge >= 0.3 is 0 Å². The third-order valence-corrected chi connectivity index (χ3v) is 2.71. The Kier molecular flexibility index (Phi) is 3.24.